The topological polar surface area (TPSA) is 63.6 Å². The van der Waals surface area contributed by atoms with E-state index in [1.807, 2.05) is 18.2 Å². The lowest BCUT2D eigenvalue weighted by atomic mass is 9.86. The minimum Gasteiger partial charge on any atom is -0.497 e. The molecule has 2 unspecified atom stereocenters. The van der Waals surface area contributed by atoms with Crippen molar-refractivity contribution in [1.29, 1.82) is 0 Å². The van der Waals surface area contributed by atoms with Crippen LogP contribution in [0.2, 0.25) is 0 Å². The molecule has 0 aromatic heterocycles. The Balaban J connectivity index is 1.97. The zero-order chi connectivity index (χ0) is 13.7. The van der Waals surface area contributed by atoms with Crippen LogP contribution in [0.3, 0.4) is 0 Å². The van der Waals surface area contributed by atoms with Gasteiger partial charge < -0.3 is 9.84 Å². The third-order valence-electron chi connectivity index (χ3n) is 4.48. The van der Waals surface area contributed by atoms with E-state index in [9.17, 15) is 13.5 Å². The molecular formula is C14H18O4S. The Morgan fingerprint density at radius 3 is 2.47 bits per heavy atom. The number of methoxy groups -OCH3 is 1. The monoisotopic (exact) mass is 282 g/mol. The molecule has 4 nitrogen and oxygen atoms in total. The van der Waals surface area contributed by atoms with Crippen LogP contribution in [-0.4, -0.2) is 31.1 Å². The maximum absolute atomic E-state index is 12.1. The zero-order valence-electron chi connectivity index (χ0n) is 10.9. The number of rotatable bonds is 2. The summed E-state index contributed by atoms with van der Waals surface area (Å²) >= 11 is 0. The Hall–Kier alpha value is -1.07. The van der Waals surface area contributed by atoms with Crippen LogP contribution in [0.15, 0.2) is 24.3 Å². The number of aliphatic hydroxyl groups is 1. The van der Waals surface area contributed by atoms with E-state index >= 15 is 0 Å². The number of hydrogen-bond acceptors (Lipinski definition) is 4. The average molecular weight is 282 g/mol. The maximum atomic E-state index is 12.1. The van der Waals surface area contributed by atoms with Gasteiger partial charge in [0.25, 0.3) is 0 Å². The fraction of sp³-hybridized carbons (Fsp3) is 0.571. The quantitative estimate of drug-likeness (QED) is 0.895. The van der Waals surface area contributed by atoms with Crippen molar-refractivity contribution in [1.82, 2.24) is 0 Å². The van der Waals surface area contributed by atoms with E-state index < -0.39 is 15.4 Å². The highest BCUT2D eigenvalue weighted by atomic mass is 32.2. The molecule has 104 valence electrons. The first-order valence-corrected chi connectivity index (χ1v) is 8.16. The molecule has 5 heteroatoms. The van der Waals surface area contributed by atoms with Gasteiger partial charge in [-0.15, -0.1) is 0 Å². The predicted octanol–water partition coefficient (Wildman–Crippen LogP) is 1.62. The Morgan fingerprint density at radius 2 is 1.89 bits per heavy atom. The molecule has 0 radical (unpaired) electrons. The fourth-order valence-electron chi connectivity index (χ4n) is 3.39. The highest BCUT2D eigenvalue weighted by molar-refractivity contribution is 7.93. The van der Waals surface area contributed by atoms with Crippen molar-refractivity contribution >= 4 is 9.84 Å². The fourth-order valence-corrected chi connectivity index (χ4v) is 5.88. The molecule has 1 aromatic carbocycles. The first-order valence-electron chi connectivity index (χ1n) is 6.55. The van der Waals surface area contributed by atoms with Gasteiger partial charge in [-0.1, -0.05) is 12.1 Å². The highest BCUT2D eigenvalue weighted by Crippen LogP contribution is 2.47. The third-order valence-corrected chi connectivity index (χ3v) is 7.14. The summed E-state index contributed by atoms with van der Waals surface area (Å²) < 4.78 is 29.3. The standard InChI is InChI=1S/C14H18O4S/c1-18-11-4-2-3-10(7-11)14(15)8-12-5-6-13(9-14)19(12,16)17/h2-4,7,12-13,15H,5-6,8-9H2,1H3. The van der Waals surface area contributed by atoms with Crippen LogP contribution in [0.5, 0.6) is 5.75 Å². The molecule has 2 bridgehead atoms. The first-order chi connectivity index (χ1) is 8.95. The van der Waals surface area contributed by atoms with Gasteiger partial charge in [-0.25, -0.2) is 8.42 Å². The van der Waals surface area contributed by atoms with E-state index in [4.69, 9.17) is 4.74 Å². The lowest BCUT2D eigenvalue weighted by molar-refractivity contribution is 0.0171. The molecule has 0 amide bonds. The number of sulfone groups is 1. The van der Waals surface area contributed by atoms with E-state index in [1.54, 1.807) is 13.2 Å². The molecule has 2 heterocycles. The summed E-state index contributed by atoms with van der Waals surface area (Å²) in [6, 6.07) is 7.30. The van der Waals surface area contributed by atoms with Crippen LogP contribution in [0.1, 0.15) is 31.2 Å². The third kappa shape index (κ3) is 1.96. The Bertz CT molecular complexity index is 573. The van der Waals surface area contributed by atoms with Crippen molar-refractivity contribution in [2.45, 2.75) is 41.8 Å². The van der Waals surface area contributed by atoms with Crippen molar-refractivity contribution in [2.24, 2.45) is 0 Å². The van der Waals surface area contributed by atoms with Crippen LogP contribution in [0.25, 0.3) is 0 Å². The average Bonchev–Trinajstić information content (AvgIpc) is 2.57. The lowest BCUT2D eigenvalue weighted by Gasteiger charge is -2.36. The summed E-state index contributed by atoms with van der Waals surface area (Å²) in [4.78, 5) is 0. The summed E-state index contributed by atoms with van der Waals surface area (Å²) in [5.41, 5.74) is -0.273. The van der Waals surface area contributed by atoms with Crippen LogP contribution in [0, 0.1) is 0 Å². The molecule has 0 saturated carbocycles. The van der Waals surface area contributed by atoms with Crippen molar-refractivity contribution in [3.05, 3.63) is 29.8 Å². The molecule has 0 aliphatic carbocycles. The van der Waals surface area contributed by atoms with E-state index in [0.29, 0.717) is 31.4 Å². The molecule has 2 aliphatic rings. The summed E-state index contributed by atoms with van der Waals surface area (Å²) in [6.07, 6.45) is 1.97. The van der Waals surface area contributed by atoms with Gasteiger partial charge in [-0.3, -0.25) is 0 Å². The molecule has 2 aliphatic heterocycles. The van der Waals surface area contributed by atoms with Gasteiger partial charge in [-0.2, -0.15) is 0 Å². The van der Waals surface area contributed by atoms with Crippen molar-refractivity contribution < 1.29 is 18.3 Å². The van der Waals surface area contributed by atoms with E-state index in [0.717, 1.165) is 5.56 Å². The van der Waals surface area contributed by atoms with Crippen molar-refractivity contribution in [2.75, 3.05) is 7.11 Å². The molecule has 2 atom stereocenters. The van der Waals surface area contributed by atoms with Gasteiger partial charge in [0.1, 0.15) is 5.75 Å². The Labute approximate surface area is 113 Å². The number of ether oxygens (including phenoxy) is 1. The summed E-state index contributed by atoms with van der Waals surface area (Å²) in [5.74, 6) is 0.687. The number of benzene rings is 1. The minimum absolute atomic E-state index is 0.305. The Kier molecular flexibility index (Phi) is 2.87. The second-order valence-electron chi connectivity index (χ2n) is 5.58. The van der Waals surface area contributed by atoms with Crippen LogP contribution in [-0.2, 0) is 15.4 Å². The van der Waals surface area contributed by atoms with E-state index in [1.165, 1.54) is 0 Å². The molecule has 1 N–H and O–H groups in total. The van der Waals surface area contributed by atoms with Gasteiger partial charge in [-0.05, 0) is 43.4 Å². The van der Waals surface area contributed by atoms with E-state index in [2.05, 4.69) is 0 Å². The van der Waals surface area contributed by atoms with Gasteiger partial charge in [0.15, 0.2) is 9.84 Å². The maximum Gasteiger partial charge on any atom is 0.156 e. The largest absolute Gasteiger partial charge is 0.497 e. The van der Waals surface area contributed by atoms with Crippen LogP contribution < -0.4 is 4.74 Å². The normalized spacial score (nSPS) is 36.1. The van der Waals surface area contributed by atoms with Gasteiger partial charge in [0, 0.05) is 0 Å². The lowest BCUT2D eigenvalue weighted by Crippen LogP contribution is -2.43. The predicted molar refractivity (Wildman–Crippen MR) is 71.9 cm³/mol. The second kappa shape index (κ2) is 4.21. The highest BCUT2D eigenvalue weighted by Gasteiger charge is 2.53. The molecule has 0 spiro atoms. The van der Waals surface area contributed by atoms with Gasteiger partial charge >= 0.3 is 0 Å². The summed E-state index contributed by atoms with van der Waals surface area (Å²) in [6.45, 7) is 0. The number of hydrogen-bond donors (Lipinski definition) is 1. The molecular weight excluding hydrogens is 264 g/mol. The second-order valence-corrected chi connectivity index (χ2v) is 8.09. The van der Waals surface area contributed by atoms with Gasteiger partial charge in [0.2, 0.25) is 0 Å². The number of fused-ring (bicyclic) bond motifs is 2. The molecule has 1 aromatic rings. The first kappa shape index (κ1) is 12.9. The zero-order valence-corrected chi connectivity index (χ0v) is 11.7. The van der Waals surface area contributed by atoms with Crippen molar-refractivity contribution in [3.63, 3.8) is 0 Å². The SMILES string of the molecule is COc1cccc(C2(O)CC3CCC(C2)S3(=O)=O)c1. The smallest absolute Gasteiger partial charge is 0.156 e. The molecule has 2 fully saturated rings. The van der Waals surface area contributed by atoms with Crippen LogP contribution in [0.4, 0.5) is 0 Å². The van der Waals surface area contributed by atoms with E-state index in [-0.39, 0.29) is 10.5 Å². The molecule has 3 rings (SSSR count). The Morgan fingerprint density at radius 1 is 1.26 bits per heavy atom. The summed E-state index contributed by atoms with van der Waals surface area (Å²) in [7, 11) is -1.43. The van der Waals surface area contributed by atoms with Crippen molar-refractivity contribution in [3.8, 4) is 5.75 Å². The summed E-state index contributed by atoms with van der Waals surface area (Å²) in [5, 5.41) is 10.1. The van der Waals surface area contributed by atoms with Gasteiger partial charge in [0.05, 0.1) is 23.2 Å². The van der Waals surface area contributed by atoms with Crippen LogP contribution >= 0.6 is 0 Å². The molecule has 19 heavy (non-hydrogen) atoms. The minimum atomic E-state index is -3.02. The molecule has 2 saturated heterocycles.